The zero-order valence-corrected chi connectivity index (χ0v) is 19.8. The second kappa shape index (κ2) is 9.87. The number of likely N-dealkylation sites (tertiary alicyclic amines) is 1. The van der Waals surface area contributed by atoms with Gasteiger partial charge in [0, 0.05) is 28.7 Å². The number of benzene rings is 1. The molecule has 2 heterocycles. The Morgan fingerprint density at radius 1 is 1.16 bits per heavy atom. The standard InChI is InChI=1S/C27H40FN3/c1-4-5-14-27(30(2)3)15-11-21(12-16-27)26-23(13-19-31-17-7-6-8-18-31)24-20-22(28)9-10-25(24)29-26/h9-11,20,29H,4-8,12-19H2,1-3H3. The van der Waals surface area contributed by atoms with Crippen LogP contribution in [-0.4, -0.2) is 54.1 Å². The van der Waals surface area contributed by atoms with Gasteiger partial charge < -0.3 is 14.8 Å². The molecular weight excluding hydrogens is 385 g/mol. The van der Waals surface area contributed by atoms with Crippen LogP contribution in [0, 0.1) is 5.82 Å². The normalized spacial score (nSPS) is 22.9. The van der Waals surface area contributed by atoms with Gasteiger partial charge >= 0.3 is 0 Å². The number of piperidine rings is 1. The molecule has 0 saturated carbocycles. The van der Waals surface area contributed by atoms with Crippen molar-refractivity contribution in [3.8, 4) is 0 Å². The van der Waals surface area contributed by atoms with Gasteiger partial charge in [0.15, 0.2) is 0 Å². The summed E-state index contributed by atoms with van der Waals surface area (Å²) in [5, 5.41) is 1.07. The fourth-order valence-corrected chi connectivity index (χ4v) is 5.68. The van der Waals surface area contributed by atoms with Crippen LogP contribution in [-0.2, 0) is 6.42 Å². The summed E-state index contributed by atoms with van der Waals surface area (Å²) in [7, 11) is 4.48. The number of nitrogens with one attached hydrogen (secondary N) is 1. The zero-order chi connectivity index (χ0) is 21.8. The maximum Gasteiger partial charge on any atom is 0.123 e. The molecule has 2 aliphatic rings. The average molecular weight is 426 g/mol. The van der Waals surface area contributed by atoms with Gasteiger partial charge in [0.1, 0.15) is 5.82 Å². The molecule has 2 aromatic rings. The second-order valence-electron chi connectivity index (χ2n) is 9.98. The van der Waals surface area contributed by atoms with Crippen LogP contribution >= 0.6 is 0 Å². The molecule has 1 atom stereocenters. The zero-order valence-electron chi connectivity index (χ0n) is 19.8. The van der Waals surface area contributed by atoms with Crippen LogP contribution in [0.1, 0.15) is 76.0 Å². The third-order valence-electron chi connectivity index (χ3n) is 7.85. The lowest BCUT2D eigenvalue weighted by molar-refractivity contribution is 0.124. The maximum atomic E-state index is 14.1. The van der Waals surface area contributed by atoms with Crippen LogP contribution in [0.25, 0.3) is 16.5 Å². The van der Waals surface area contributed by atoms with E-state index in [0.29, 0.717) is 0 Å². The molecule has 0 radical (unpaired) electrons. The second-order valence-corrected chi connectivity index (χ2v) is 9.98. The number of allylic oxidation sites excluding steroid dienone is 1. The summed E-state index contributed by atoms with van der Waals surface area (Å²) < 4.78 is 14.1. The van der Waals surface area contributed by atoms with Crippen LogP contribution in [0.15, 0.2) is 24.3 Å². The molecule has 0 amide bonds. The molecular formula is C27H40FN3. The monoisotopic (exact) mass is 425 g/mol. The number of aromatic nitrogens is 1. The predicted octanol–water partition coefficient (Wildman–Crippen LogP) is 6.39. The topological polar surface area (TPSA) is 22.3 Å². The van der Waals surface area contributed by atoms with Crippen molar-refractivity contribution in [2.75, 3.05) is 33.7 Å². The van der Waals surface area contributed by atoms with Gasteiger partial charge in [-0.1, -0.05) is 32.3 Å². The predicted molar refractivity (Wildman–Crippen MR) is 130 cm³/mol. The average Bonchev–Trinajstić information content (AvgIpc) is 3.14. The minimum atomic E-state index is -0.138. The fourth-order valence-electron chi connectivity index (χ4n) is 5.68. The molecule has 1 aromatic carbocycles. The Morgan fingerprint density at radius 3 is 2.65 bits per heavy atom. The molecule has 1 aliphatic carbocycles. The van der Waals surface area contributed by atoms with Gasteiger partial charge in [-0.25, -0.2) is 4.39 Å². The fraction of sp³-hybridized carbons (Fsp3) is 0.630. The molecule has 31 heavy (non-hydrogen) atoms. The smallest absolute Gasteiger partial charge is 0.123 e. The molecule has 4 rings (SSSR count). The first-order valence-corrected chi connectivity index (χ1v) is 12.4. The minimum absolute atomic E-state index is 0.138. The van der Waals surface area contributed by atoms with Crippen molar-refractivity contribution in [1.29, 1.82) is 0 Å². The molecule has 1 N–H and O–H groups in total. The molecule has 1 saturated heterocycles. The lowest BCUT2D eigenvalue weighted by Crippen LogP contribution is -2.45. The Hall–Kier alpha value is -1.65. The number of hydrogen-bond acceptors (Lipinski definition) is 2. The lowest BCUT2D eigenvalue weighted by atomic mass is 9.77. The highest BCUT2D eigenvalue weighted by molar-refractivity contribution is 5.89. The minimum Gasteiger partial charge on any atom is -0.355 e. The number of H-pyrrole nitrogens is 1. The number of rotatable bonds is 8. The van der Waals surface area contributed by atoms with E-state index in [-0.39, 0.29) is 11.4 Å². The number of aromatic amines is 1. The number of unbranched alkanes of at least 4 members (excludes halogenated alkanes) is 1. The highest BCUT2D eigenvalue weighted by Gasteiger charge is 2.34. The molecule has 1 unspecified atom stereocenters. The molecule has 1 fully saturated rings. The Balaban J connectivity index is 1.62. The Labute approximate surface area is 187 Å². The quantitative estimate of drug-likeness (QED) is 0.529. The van der Waals surface area contributed by atoms with Gasteiger partial charge in [-0.2, -0.15) is 0 Å². The summed E-state index contributed by atoms with van der Waals surface area (Å²) in [5.74, 6) is -0.138. The maximum absolute atomic E-state index is 14.1. The summed E-state index contributed by atoms with van der Waals surface area (Å²) in [6.07, 6.45) is 14.6. The Bertz CT molecular complexity index is 907. The SMILES string of the molecule is CCCCC1(N(C)C)CC=C(c2[nH]c3ccc(F)cc3c2CCN2CCCCC2)CC1. The van der Waals surface area contributed by atoms with Gasteiger partial charge in [0.05, 0.1) is 0 Å². The molecule has 0 bridgehead atoms. The summed E-state index contributed by atoms with van der Waals surface area (Å²) in [4.78, 5) is 8.72. The third kappa shape index (κ3) is 4.90. The molecule has 1 aliphatic heterocycles. The van der Waals surface area contributed by atoms with Crippen molar-refractivity contribution in [2.45, 2.75) is 76.7 Å². The van der Waals surface area contributed by atoms with E-state index < -0.39 is 0 Å². The first-order valence-electron chi connectivity index (χ1n) is 12.4. The summed E-state index contributed by atoms with van der Waals surface area (Å²) in [5.41, 5.74) is 5.37. The van der Waals surface area contributed by atoms with E-state index >= 15 is 0 Å². The van der Waals surface area contributed by atoms with Crippen molar-refractivity contribution in [2.24, 2.45) is 0 Å². The van der Waals surface area contributed by atoms with E-state index in [1.807, 2.05) is 6.07 Å². The van der Waals surface area contributed by atoms with Gasteiger partial charge in [-0.15, -0.1) is 0 Å². The largest absolute Gasteiger partial charge is 0.355 e. The van der Waals surface area contributed by atoms with Gasteiger partial charge in [-0.05, 0) is 101 Å². The summed E-state index contributed by atoms with van der Waals surface area (Å²) in [6.45, 7) is 5.77. The van der Waals surface area contributed by atoms with Crippen LogP contribution in [0.4, 0.5) is 4.39 Å². The highest BCUT2D eigenvalue weighted by atomic mass is 19.1. The van der Waals surface area contributed by atoms with Gasteiger partial charge in [0.2, 0.25) is 0 Å². The van der Waals surface area contributed by atoms with Crippen LogP contribution in [0.3, 0.4) is 0 Å². The first-order chi connectivity index (χ1) is 15.0. The third-order valence-corrected chi connectivity index (χ3v) is 7.85. The van der Waals surface area contributed by atoms with E-state index in [0.717, 1.165) is 36.7 Å². The van der Waals surface area contributed by atoms with E-state index in [1.54, 1.807) is 12.1 Å². The highest BCUT2D eigenvalue weighted by Crippen LogP contribution is 2.40. The van der Waals surface area contributed by atoms with E-state index in [1.165, 1.54) is 74.9 Å². The first kappa shape index (κ1) is 22.5. The summed E-state index contributed by atoms with van der Waals surface area (Å²) >= 11 is 0. The Morgan fingerprint density at radius 2 is 1.97 bits per heavy atom. The van der Waals surface area contributed by atoms with Crippen molar-refractivity contribution in [3.05, 3.63) is 41.3 Å². The van der Waals surface area contributed by atoms with Gasteiger partial charge in [0.25, 0.3) is 0 Å². The van der Waals surface area contributed by atoms with Gasteiger partial charge in [-0.3, -0.25) is 0 Å². The van der Waals surface area contributed by atoms with Crippen molar-refractivity contribution >= 4 is 16.5 Å². The molecule has 3 nitrogen and oxygen atoms in total. The number of fused-ring (bicyclic) bond motifs is 1. The lowest BCUT2D eigenvalue weighted by Gasteiger charge is -2.42. The number of nitrogens with zero attached hydrogens (tertiary/aromatic N) is 2. The molecule has 4 heteroatoms. The van der Waals surface area contributed by atoms with Crippen LogP contribution in [0.5, 0.6) is 0 Å². The number of halogens is 1. The molecule has 170 valence electrons. The van der Waals surface area contributed by atoms with E-state index in [4.69, 9.17) is 0 Å². The molecule has 0 spiro atoms. The molecule has 1 aromatic heterocycles. The number of hydrogen-bond donors (Lipinski definition) is 1. The Kier molecular flexibility index (Phi) is 7.18. The van der Waals surface area contributed by atoms with Crippen LogP contribution in [0.2, 0.25) is 0 Å². The van der Waals surface area contributed by atoms with E-state index in [2.05, 4.69) is 41.9 Å². The summed E-state index contributed by atoms with van der Waals surface area (Å²) in [6, 6.07) is 5.22. The van der Waals surface area contributed by atoms with Crippen molar-refractivity contribution in [3.63, 3.8) is 0 Å². The van der Waals surface area contributed by atoms with Crippen molar-refractivity contribution < 1.29 is 4.39 Å². The van der Waals surface area contributed by atoms with E-state index in [9.17, 15) is 4.39 Å². The van der Waals surface area contributed by atoms with Crippen LogP contribution < -0.4 is 0 Å². The van der Waals surface area contributed by atoms with Crippen molar-refractivity contribution in [1.82, 2.24) is 14.8 Å².